The Morgan fingerprint density at radius 1 is 1.00 bits per heavy atom. The van der Waals surface area contributed by atoms with Gasteiger partial charge in [0.2, 0.25) is 5.91 Å². The number of carbonyl (C=O) groups excluding carboxylic acids is 2. The smallest absolute Gasteiger partial charge is 0.272 e. The van der Waals surface area contributed by atoms with Crippen LogP contribution in [0.25, 0.3) is 0 Å². The number of rotatable bonds is 3. The standard InChI is InChI=1S/C16H15FN2O2/c1-11-6-8-12(9-7-11)10-15(20)18-19-16(21)13-4-2-3-5-14(13)17/h2-9H,10H2,1H3,(H,18,20)(H,19,21). The zero-order valence-electron chi connectivity index (χ0n) is 11.5. The molecular weight excluding hydrogens is 271 g/mol. The first-order valence-electron chi connectivity index (χ1n) is 6.45. The van der Waals surface area contributed by atoms with Crippen molar-refractivity contribution in [2.24, 2.45) is 0 Å². The monoisotopic (exact) mass is 286 g/mol. The van der Waals surface area contributed by atoms with Gasteiger partial charge in [0.25, 0.3) is 5.91 Å². The zero-order chi connectivity index (χ0) is 15.2. The van der Waals surface area contributed by atoms with Gasteiger partial charge in [0.15, 0.2) is 0 Å². The van der Waals surface area contributed by atoms with Gasteiger partial charge < -0.3 is 0 Å². The van der Waals surface area contributed by atoms with E-state index >= 15 is 0 Å². The van der Waals surface area contributed by atoms with Crippen LogP contribution < -0.4 is 10.9 Å². The van der Waals surface area contributed by atoms with Crippen LogP contribution in [0.5, 0.6) is 0 Å². The van der Waals surface area contributed by atoms with Gasteiger partial charge in [-0.3, -0.25) is 20.4 Å². The minimum atomic E-state index is -0.689. The third-order valence-corrected chi connectivity index (χ3v) is 2.92. The van der Waals surface area contributed by atoms with E-state index in [2.05, 4.69) is 10.9 Å². The fraction of sp³-hybridized carbons (Fsp3) is 0.125. The highest BCUT2D eigenvalue weighted by atomic mass is 19.1. The van der Waals surface area contributed by atoms with Crippen molar-refractivity contribution in [3.8, 4) is 0 Å². The third-order valence-electron chi connectivity index (χ3n) is 2.92. The predicted molar refractivity (Wildman–Crippen MR) is 76.9 cm³/mol. The highest BCUT2D eigenvalue weighted by molar-refractivity contribution is 5.95. The van der Waals surface area contributed by atoms with E-state index in [1.165, 1.54) is 18.2 Å². The molecule has 2 aromatic carbocycles. The van der Waals surface area contributed by atoms with Gasteiger partial charge in [-0.25, -0.2) is 4.39 Å². The fourth-order valence-electron chi connectivity index (χ4n) is 1.77. The van der Waals surface area contributed by atoms with Gasteiger partial charge >= 0.3 is 0 Å². The van der Waals surface area contributed by atoms with E-state index in [1.807, 2.05) is 31.2 Å². The highest BCUT2D eigenvalue weighted by Crippen LogP contribution is 2.06. The van der Waals surface area contributed by atoms with Gasteiger partial charge in [0.05, 0.1) is 12.0 Å². The van der Waals surface area contributed by atoms with Crippen molar-refractivity contribution in [3.05, 3.63) is 71.0 Å². The van der Waals surface area contributed by atoms with E-state index in [-0.39, 0.29) is 17.9 Å². The second-order valence-corrected chi connectivity index (χ2v) is 4.64. The average Bonchev–Trinajstić information content (AvgIpc) is 2.48. The molecule has 0 unspecified atom stereocenters. The minimum absolute atomic E-state index is 0.117. The highest BCUT2D eigenvalue weighted by Gasteiger charge is 2.11. The molecule has 5 heteroatoms. The lowest BCUT2D eigenvalue weighted by Crippen LogP contribution is -2.42. The Balaban J connectivity index is 1.88. The van der Waals surface area contributed by atoms with Crippen LogP contribution >= 0.6 is 0 Å². The van der Waals surface area contributed by atoms with Crippen molar-refractivity contribution in [3.63, 3.8) is 0 Å². The van der Waals surface area contributed by atoms with Gasteiger partial charge in [-0.15, -0.1) is 0 Å². The molecule has 0 aromatic heterocycles. The van der Waals surface area contributed by atoms with E-state index in [0.29, 0.717) is 0 Å². The molecule has 0 aliphatic heterocycles. The van der Waals surface area contributed by atoms with Gasteiger partial charge in [-0.2, -0.15) is 0 Å². The first-order valence-corrected chi connectivity index (χ1v) is 6.45. The Bertz CT molecular complexity index is 654. The number of halogens is 1. The number of hydrogen-bond acceptors (Lipinski definition) is 2. The Labute approximate surface area is 122 Å². The summed E-state index contributed by atoms with van der Waals surface area (Å²) in [5.41, 5.74) is 6.28. The molecule has 0 atom stereocenters. The second-order valence-electron chi connectivity index (χ2n) is 4.64. The molecule has 0 fully saturated rings. The summed E-state index contributed by atoms with van der Waals surface area (Å²) in [7, 11) is 0. The predicted octanol–water partition coefficient (Wildman–Crippen LogP) is 2.14. The van der Waals surface area contributed by atoms with Crippen LogP contribution in [0.4, 0.5) is 4.39 Å². The lowest BCUT2D eigenvalue weighted by molar-refractivity contribution is -0.121. The molecule has 0 aliphatic carbocycles. The number of hydrazine groups is 1. The first kappa shape index (κ1) is 14.7. The Morgan fingerprint density at radius 2 is 1.67 bits per heavy atom. The lowest BCUT2D eigenvalue weighted by Gasteiger charge is -2.08. The first-order chi connectivity index (χ1) is 10.1. The summed E-state index contributed by atoms with van der Waals surface area (Å²) in [6, 6.07) is 13.1. The van der Waals surface area contributed by atoms with Gasteiger partial charge in [0.1, 0.15) is 5.82 Å². The second kappa shape index (κ2) is 6.65. The Hall–Kier alpha value is -2.69. The fourth-order valence-corrected chi connectivity index (χ4v) is 1.77. The molecule has 2 aromatic rings. The summed E-state index contributed by atoms with van der Waals surface area (Å²) in [4.78, 5) is 23.4. The Kier molecular flexibility index (Phi) is 4.66. The van der Waals surface area contributed by atoms with Crippen molar-refractivity contribution in [2.45, 2.75) is 13.3 Å². The van der Waals surface area contributed by atoms with Crippen molar-refractivity contribution < 1.29 is 14.0 Å². The molecule has 0 saturated heterocycles. The van der Waals surface area contributed by atoms with Crippen LogP contribution in [0.15, 0.2) is 48.5 Å². The maximum Gasteiger partial charge on any atom is 0.272 e. The van der Waals surface area contributed by atoms with Crippen molar-refractivity contribution >= 4 is 11.8 Å². The van der Waals surface area contributed by atoms with Gasteiger partial charge in [-0.1, -0.05) is 42.0 Å². The molecule has 0 aliphatic rings. The number of carbonyl (C=O) groups is 2. The van der Waals surface area contributed by atoms with E-state index in [1.54, 1.807) is 6.07 Å². The van der Waals surface area contributed by atoms with E-state index in [4.69, 9.17) is 0 Å². The maximum atomic E-state index is 13.4. The number of aryl methyl sites for hydroxylation is 1. The van der Waals surface area contributed by atoms with Crippen LogP contribution in [-0.2, 0) is 11.2 Å². The quantitative estimate of drug-likeness (QED) is 0.849. The van der Waals surface area contributed by atoms with Crippen molar-refractivity contribution in [1.29, 1.82) is 0 Å². The summed E-state index contributed by atoms with van der Waals surface area (Å²) >= 11 is 0. The molecule has 0 saturated carbocycles. The molecule has 21 heavy (non-hydrogen) atoms. The summed E-state index contributed by atoms with van der Waals surface area (Å²) in [6.45, 7) is 1.96. The van der Waals surface area contributed by atoms with E-state index in [9.17, 15) is 14.0 Å². The molecule has 108 valence electrons. The maximum absolute atomic E-state index is 13.4. The number of amides is 2. The molecule has 0 spiro atoms. The number of benzene rings is 2. The molecule has 0 bridgehead atoms. The summed E-state index contributed by atoms with van der Waals surface area (Å²) in [5, 5.41) is 0. The normalized spacial score (nSPS) is 10.0. The number of nitrogens with one attached hydrogen (secondary N) is 2. The largest absolute Gasteiger partial charge is 0.273 e. The molecular formula is C16H15FN2O2. The van der Waals surface area contributed by atoms with Crippen LogP contribution in [0, 0.1) is 12.7 Å². The Morgan fingerprint density at radius 3 is 2.33 bits per heavy atom. The molecule has 2 N–H and O–H groups in total. The van der Waals surface area contributed by atoms with Gasteiger partial charge in [0, 0.05) is 0 Å². The molecule has 0 heterocycles. The topological polar surface area (TPSA) is 58.2 Å². The number of hydrogen-bond donors (Lipinski definition) is 2. The SMILES string of the molecule is Cc1ccc(CC(=O)NNC(=O)c2ccccc2F)cc1. The van der Waals surface area contributed by atoms with Crippen molar-refractivity contribution in [1.82, 2.24) is 10.9 Å². The van der Waals surface area contributed by atoms with Crippen LogP contribution in [0.3, 0.4) is 0 Å². The molecule has 4 nitrogen and oxygen atoms in total. The van der Waals surface area contributed by atoms with Crippen LogP contribution in [0.1, 0.15) is 21.5 Å². The molecule has 0 radical (unpaired) electrons. The zero-order valence-corrected chi connectivity index (χ0v) is 11.5. The van der Waals surface area contributed by atoms with Crippen molar-refractivity contribution in [2.75, 3.05) is 0 Å². The lowest BCUT2D eigenvalue weighted by atomic mass is 10.1. The molecule has 2 amide bonds. The summed E-state index contributed by atoms with van der Waals surface area (Å²) in [5.74, 6) is -1.70. The average molecular weight is 286 g/mol. The van der Waals surface area contributed by atoms with Gasteiger partial charge in [-0.05, 0) is 24.6 Å². The van der Waals surface area contributed by atoms with Crippen LogP contribution in [-0.4, -0.2) is 11.8 Å². The summed E-state index contributed by atoms with van der Waals surface area (Å²) in [6.07, 6.45) is 0.137. The third kappa shape index (κ3) is 4.14. The van der Waals surface area contributed by atoms with E-state index < -0.39 is 11.7 Å². The van der Waals surface area contributed by atoms with E-state index in [0.717, 1.165) is 11.1 Å². The minimum Gasteiger partial charge on any atom is -0.273 e. The van der Waals surface area contributed by atoms with Crippen LogP contribution in [0.2, 0.25) is 0 Å². The molecule has 2 rings (SSSR count). The summed E-state index contributed by atoms with van der Waals surface area (Å²) < 4.78 is 13.4.